The number of pyridine rings is 1. The number of fused-ring (bicyclic) bond motifs is 1. The lowest BCUT2D eigenvalue weighted by Crippen LogP contribution is -2.44. The first kappa shape index (κ1) is 26.0. The average Bonchev–Trinajstić information content (AvgIpc) is 2.87. The molecule has 2 aromatic carbocycles. The van der Waals surface area contributed by atoms with Crippen molar-refractivity contribution in [3.8, 4) is 5.75 Å². The maximum absolute atomic E-state index is 14.6. The van der Waals surface area contributed by atoms with E-state index in [-0.39, 0.29) is 29.5 Å². The van der Waals surface area contributed by atoms with Crippen molar-refractivity contribution < 1.29 is 28.2 Å². The minimum Gasteiger partial charge on any atom is -0.497 e. The van der Waals surface area contributed by atoms with Crippen molar-refractivity contribution in [2.75, 3.05) is 32.5 Å². The standard InChI is InChI=1S/C27H28F2N2O4S/c1-35-19-6-7-24-21(14-19)26(23(29)15-30-24)25(32)8-5-17-9-10-31(16-22(17)27(33)34)11-12-36-20-4-2-3-18(28)13-20/h2-4,6-7,13-15,17,22H,5,8-12,16H2,1H3,(H,33,34). The number of benzene rings is 2. The lowest BCUT2D eigenvalue weighted by molar-refractivity contribution is -0.146. The molecule has 6 nitrogen and oxygen atoms in total. The number of thioether (sulfide) groups is 1. The largest absolute Gasteiger partial charge is 0.497 e. The van der Waals surface area contributed by atoms with Gasteiger partial charge in [0.1, 0.15) is 11.6 Å². The van der Waals surface area contributed by atoms with Gasteiger partial charge in [-0.2, -0.15) is 0 Å². The second-order valence-electron chi connectivity index (χ2n) is 8.93. The number of halogens is 2. The van der Waals surface area contributed by atoms with Crippen molar-refractivity contribution in [3.05, 3.63) is 65.9 Å². The van der Waals surface area contributed by atoms with Gasteiger partial charge in [-0.05, 0) is 61.7 Å². The normalized spacial score (nSPS) is 18.3. The second-order valence-corrected chi connectivity index (χ2v) is 10.1. The number of carbonyl (C=O) groups is 2. The summed E-state index contributed by atoms with van der Waals surface area (Å²) in [5.41, 5.74) is 0.464. The van der Waals surface area contributed by atoms with Gasteiger partial charge in [0.2, 0.25) is 0 Å². The van der Waals surface area contributed by atoms with Crippen LogP contribution in [0.15, 0.2) is 53.6 Å². The smallest absolute Gasteiger partial charge is 0.308 e. The molecule has 190 valence electrons. The first-order valence-corrected chi connectivity index (χ1v) is 12.8. The van der Waals surface area contributed by atoms with Gasteiger partial charge in [-0.1, -0.05) is 6.07 Å². The predicted molar refractivity (Wildman–Crippen MR) is 135 cm³/mol. The van der Waals surface area contributed by atoms with Gasteiger partial charge in [0.15, 0.2) is 11.6 Å². The number of hydrogen-bond acceptors (Lipinski definition) is 6. The summed E-state index contributed by atoms with van der Waals surface area (Å²) in [5, 5.41) is 10.2. The highest BCUT2D eigenvalue weighted by atomic mass is 32.2. The number of piperidine rings is 1. The number of hydrogen-bond donors (Lipinski definition) is 1. The van der Waals surface area contributed by atoms with Crippen molar-refractivity contribution in [1.29, 1.82) is 0 Å². The molecule has 0 aliphatic carbocycles. The molecule has 0 spiro atoms. The highest BCUT2D eigenvalue weighted by molar-refractivity contribution is 7.99. The minimum atomic E-state index is -0.889. The first-order valence-electron chi connectivity index (χ1n) is 11.8. The van der Waals surface area contributed by atoms with Crippen molar-refractivity contribution in [1.82, 2.24) is 9.88 Å². The number of carboxylic acid groups (broad SMARTS) is 1. The molecule has 9 heteroatoms. The maximum Gasteiger partial charge on any atom is 0.308 e. The van der Waals surface area contributed by atoms with Gasteiger partial charge in [0.25, 0.3) is 0 Å². The third-order valence-corrected chi connectivity index (χ3v) is 7.65. The third-order valence-electron chi connectivity index (χ3n) is 6.68. The Morgan fingerprint density at radius 3 is 2.81 bits per heavy atom. The van der Waals surface area contributed by atoms with Gasteiger partial charge in [-0.15, -0.1) is 11.8 Å². The molecule has 0 saturated carbocycles. The van der Waals surface area contributed by atoms with E-state index in [0.717, 1.165) is 23.4 Å². The highest BCUT2D eigenvalue weighted by Gasteiger charge is 2.34. The molecule has 4 rings (SSSR count). The number of ether oxygens (including phenoxy) is 1. The molecular weight excluding hydrogens is 486 g/mol. The van der Waals surface area contributed by atoms with E-state index in [4.69, 9.17) is 4.74 Å². The summed E-state index contributed by atoms with van der Waals surface area (Å²) in [4.78, 5) is 32.1. The topological polar surface area (TPSA) is 79.7 Å². The van der Waals surface area contributed by atoms with Crippen LogP contribution in [0.25, 0.3) is 10.9 Å². The Morgan fingerprint density at radius 2 is 2.06 bits per heavy atom. The van der Waals surface area contributed by atoms with Crippen LogP contribution >= 0.6 is 11.8 Å². The molecule has 1 fully saturated rings. The van der Waals surface area contributed by atoms with E-state index in [2.05, 4.69) is 9.88 Å². The molecular formula is C27H28F2N2O4S. The number of carboxylic acids is 1. The van der Waals surface area contributed by atoms with E-state index in [0.29, 0.717) is 42.6 Å². The predicted octanol–water partition coefficient (Wildman–Crippen LogP) is 5.30. The minimum absolute atomic E-state index is 0.0300. The number of rotatable bonds is 10. The van der Waals surface area contributed by atoms with Gasteiger partial charge in [0, 0.05) is 35.5 Å². The summed E-state index contributed by atoms with van der Waals surface area (Å²) in [6.45, 7) is 1.80. The molecule has 1 N–H and O–H groups in total. The lowest BCUT2D eigenvalue weighted by Gasteiger charge is -2.36. The van der Waals surface area contributed by atoms with Crippen LogP contribution in [0.2, 0.25) is 0 Å². The number of methoxy groups -OCH3 is 1. The molecule has 0 bridgehead atoms. The maximum atomic E-state index is 14.6. The number of nitrogens with zero attached hydrogens (tertiary/aromatic N) is 2. The SMILES string of the molecule is COc1ccc2ncc(F)c(C(=O)CCC3CCN(CCSc4cccc(F)c4)CC3C(=O)O)c2c1. The van der Waals surface area contributed by atoms with E-state index in [1.54, 1.807) is 24.3 Å². The first-order chi connectivity index (χ1) is 17.4. The summed E-state index contributed by atoms with van der Waals surface area (Å²) < 4.78 is 33.2. The van der Waals surface area contributed by atoms with Crippen LogP contribution in [-0.2, 0) is 4.79 Å². The van der Waals surface area contributed by atoms with Crippen LogP contribution in [0.5, 0.6) is 5.75 Å². The Bertz CT molecular complexity index is 1260. The number of likely N-dealkylation sites (tertiary alicyclic amines) is 1. The highest BCUT2D eigenvalue weighted by Crippen LogP contribution is 2.31. The molecule has 1 aromatic heterocycles. The third kappa shape index (κ3) is 6.20. The van der Waals surface area contributed by atoms with E-state index in [9.17, 15) is 23.5 Å². The van der Waals surface area contributed by atoms with Gasteiger partial charge in [-0.25, -0.2) is 8.78 Å². The van der Waals surface area contributed by atoms with E-state index >= 15 is 0 Å². The van der Waals surface area contributed by atoms with Crippen LogP contribution in [0.3, 0.4) is 0 Å². The summed E-state index contributed by atoms with van der Waals surface area (Å²) in [6, 6.07) is 11.4. The summed E-state index contributed by atoms with van der Waals surface area (Å²) in [7, 11) is 1.49. The molecule has 2 atom stereocenters. The summed E-state index contributed by atoms with van der Waals surface area (Å²) >= 11 is 1.53. The second kappa shape index (κ2) is 11.8. The number of ketones is 1. The van der Waals surface area contributed by atoms with E-state index in [1.807, 2.05) is 6.07 Å². The number of aromatic nitrogens is 1. The Kier molecular flexibility index (Phi) is 8.53. The van der Waals surface area contributed by atoms with Gasteiger partial charge >= 0.3 is 5.97 Å². The fourth-order valence-electron chi connectivity index (χ4n) is 4.75. The van der Waals surface area contributed by atoms with Crippen LogP contribution in [-0.4, -0.2) is 59.2 Å². The number of aliphatic carboxylic acids is 1. The number of Topliss-reactive ketones (excluding diaryl/α,β-unsaturated/α-hetero) is 1. The van der Waals surface area contributed by atoms with Crippen molar-refractivity contribution in [3.63, 3.8) is 0 Å². The fraction of sp³-hybridized carbons (Fsp3) is 0.370. The molecule has 2 heterocycles. The molecule has 1 aliphatic heterocycles. The number of carbonyl (C=O) groups excluding carboxylic acids is 1. The molecule has 0 radical (unpaired) electrons. The van der Waals surface area contributed by atoms with Gasteiger partial charge in [0.05, 0.1) is 30.3 Å². The molecule has 3 aromatic rings. The fourth-order valence-corrected chi connectivity index (χ4v) is 5.70. The Morgan fingerprint density at radius 1 is 1.22 bits per heavy atom. The molecule has 1 aliphatic rings. The van der Waals surface area contributed by atoms with Crippen LogP contribution in [0.4, 0.5) is 8.78 Å². The Labute approximate surface area is 212 Å². The van der Waals surface area contributed by atoms with E-state index < -0.39 is 17.7 Å². The van der Waals surface area contributed by atoms with Gasteiger partial charge in [-0.3, -0.25) is 14.6 Å². The monoisotopic (exact) mass is 514 g/mol. The zero-order valence-electron chi connectivity index (χ0n) is 20.0. The quantitative estimate of drug-likeness (QED) is 0.291. The summed E-state index contributed by atoms with van der Waals surface area (Å²) in [6.07, 6.45) is 2.11. The molecule has 1 saturated heterocycles. The van der Waals surface area contributed by atoms with Crippen molar-refractivity contribution in [2.24, 2.45) is 11.8 Å². The molecule has 2 unspecified atom stereocenters. The zero-order valence-corrected chi connectivity index (χ0v) is 20.8. The molecule has 36 heavy (non-hydrogen) atoms. The average molecular weight is 515 g/mol. The van der Waals surface area contributed by atoms with Crippen LogP contribution in [0.1, 0.15) is 29.6 Å². The Balaban J connectivity index is 1.36. The van der Waals surface area contributed by atoms with Crippen molar-refractivity contribution in [2.45, 2.75) is 24.2 Å². The van der Waals surface area contributed by atoms with Crippen molar-refractivity contribution >= 4 is 34.4 Å². The van der Waals surface area contributed by atoms with Crippen LogP contribution < -0.4 is 4.74 Å². The van der Waals surface area contributed by atoms with Crippen LogP contribution in [0, 0.1) is 23.5 Å². The molecule has 0 amide bonds. The Hall–Kier alpha value is -3.04. The lowest BCUT2D eigenvalue weighted by atomic mass is 9.81. The van der Waals surface area contributed by atoms with Gasteiger partial charge < -0.3 is 14.7 Å². The zero-order chi connectivity index (χ0) is 25.7. The van der Waals surface area contributed by atoms with E-state index in [1.165, 1.54) is 31.0 Å². The summed E-state index contributed by atoms with van der Waals surface area (Å²) in [5.74, 6) is -1.80.